The van der Waals surface area contributed by atoms with Crippen LogP contribution in [0.3, 0.4) is 0 Å². The van der Waals surface area contributed by atoms with E-state index in [-0.39, 0.29) is 6.04 Å². The molecule has 0 saturated heterocycles. The zero-order chi connectivity index (χ0) is 11.5. The van der Waals surface area contributed by atoms with Crippen molar-refractivity contribution in [3.8, 4) is 0 Å². The second-order valence-corrected chi connectivity index (χ2v) is 3.68. The molecular formula is C9H11ClN6. The molecular weight excluding hydrogens is 228 g/mol. The number of aryl methyl sites for hydroxylation is 1. The van der Waals surface area contributed by atoms with Crippen molar-refractivity contribution >= 4 is 11.6 Å². The first-order valence-electron chi connectivity index (χ1n) is 4.64. The molecule has 0 bridgehead atoms. The number of nitrogens with one attached hydrogen (secondary N) is 1. The summed E-state index contributed by atoms with van der Waals surface area (Å²) in [5, 5.41) is 8.10. The number of hydrogen-bond acceptors (Lipinski definition) is 5. The Morgan fingerprint density at radius 3 is 2.75 bits per heavy atom. The lowest BCUT2D eigenvalue weighted by Crippen LogP contribution is -2.30. The van der Waals surface area contributed by atoms with Gasteiger partial charge >= 0.3 is 0 Å². The molecule has 6 nitrogen and oxygen atoms in total. The molecule has 2 aromatic heterocycles. The van der Waals surface area contributed by atoms with Crippen LogP contribution in [0.25, 0.3) is 0 Å². The number of nitrogens with two attached hydrogens (primary N) is 1. The van der Waals surface area contributed by atoms with Crippen LogP contribution in [0.2, 0.25) is 5.15 Å². The van der Waals surface area contributed by atoms with Crippen molar-refractivity contribution < 1.29 is 0 Å². The minimum absolute atomic E-state index is 0.204. The number of hydrogen-bond donors (Lipinski definition) is 2. The van der Waals surface area contributed by atoms with Crippen LogP contribution in [0, 0.1) is 0 Å². The maximum atomic E-state index is 5.72. The highest BCUT2D eigenvalue weighted by molar-refractivity contribution is 6.29. The summed E-state index contributed by atoms with van der Waals surface area (Å²) >= 11 is 5.72. The lowest BCUT2D eigenvalue weighted by atomic mass is 10.1. The summed E-state index contributed by atoms with van der Waals surface area (Å²) in [5.41, 5.74) is 4.45. The largest absolute Gasteiger partial charge is 0.271 e. The Morgan fingerprint density at radius 1 is 1.44 bits per heavy atom. The van der Waals surface area contributed by atoms with E-state index >= 15 is 0 Å². The summed E-state index contributed by atoms with van der Waals surface area (Å²) in [6.07, 6.45) is 3.32. The number of hydrazine groups is 1. The molecule has 0 aromatic carbocycles. The average Bonchev–Trinajstić information content (AvgIpc) is 2.69. The van der Waals surface area contributed by atoms with E-state index in [2.05, 4.69) is 20.7 Å². The molecule has 2 rings (SSSR count). The van der Waals surface area contributed by atoms with Gasteiger partial charge in [-0.25, -0.2) is 10.4 Å². The molecule has 0 amide bonds. The van der Waals surface area contributed by atoms with Gasteiger partial charge in [0, 0.05) is 13.2 Å². The van der Waals surface area contributed by atoms with Gasteiger partial charge in [0.05, 0.1) is 17.9 Å². The van der Waals surface area contributed by atoms with Crippen LogP contribution < -0.4 is 11.3 Å². The lowest BCUT2D eigenvalue weighted by molar-refractivity contribution is 0.569. The minimum Gasteiger partial charge on any atom is -0.271 e. The van der Waals surface area contributed by atoms with Crippen molar-refractivity contribution in [2.75, 3.05) is 0 Å². The normalized spacial score (nSPS) is 12.7. The molecule has 0 aliphatic carbocycles. The van der Waals surface area contributed by atoms with E-state index in [1.807, 2.05) is 6.07 Å². The average molecular weight is 239 g/mol. The Balaban J connectivity index is 2.37. The van der Waals surface area contributed by atoms with Crippen molar-refractivity contribution in [3.63, 3.8) is 0 Å². The predicted octanol–water partition coefficient (Wildman–Crippen LogP) is 0.416. The summed E-state index contributed by atoms with van der Waals surface area (Å²) < 4.78 is 1.65. The van der Waals surface area contributed by atoms with E-state index in [9.17, 15) is 0 Å². The van der Waals surface area contributed by atoms with Crippen LogP contribution in [0.5, 0.6) is 0 Å². The predicted molar refractivity (Wildman–Crippen MR) is 59.4 cm³/mol. The Kier molecular flexibility index (Phi) is 3.14. The van der Waals surface area contributed by atoms with Gasteiger partial charge in [0.2, 0.25) is 0 Å². The van der Waals surface area contributed by atoms with Gasteiger partial charge in [0.25, 0.3) is 0 Å². The molecule has 7 heteroatoms. The van der Waals surface area contributed by atoms with E-state index in [0.29, 0.717) is 5.15 Å². The summed E-state index contributed by atoms with van der Waals surface area (Å²) in [4.78, 5) is 4.01. The number of nitrogens with zero attached hydrogens (tertiary/aromatic N) is 4. The van der Waals surface area contributed by atoms with Gasteiger partial charge in [0.1, 0.15) is 5.15 Å². The molecule has 1 unspecified atom stereocenters. The van der Waals surface area contributed by atoms with E-state index in [1.165, 1.54) is 0 Å². The minimum atomic E-state index is -0.204. The third-order valence-corrected chi connectivity index (χ3v) is 2.52. The standard InChI is InChI=1S/C9H11ClN6/c1-16-7(5-13-15-16)9(14-11)6-2-3-8(10)12-4-6/h2-5,9,14H,11H2,1H3. The summed E-state index contributed by atoms with van der Waals surface area (Å²) in [5.74, 6) is 5.52. The van der Waals surface area contributed by atoms with Gasteiger partial charge in [-0.15, -0.1) is 5.10 Å². The van der Waals surface area contributed by atoms with Gasteiger partial charge in [0.15, 0.2) is 0 Å². The molecule has 16 heavy (non-hydrogen) atoms. The fraction of sp³-hybridized carbons (Fsp3) is 0.222. The van der Waals surface area contributed by atoms with Crippen molar-refractivity contribution in [2.24, 2.45) is 12.9 Å². The van der Waals surface area contributed by atoms with Gasteiger partial charge < -0.3 is 0 Å². The molecule has 3 N–H and O–H groups in total. The van der Waals surface area contributed by atoms with E-state index < -0.39 is 0 Å². The molecule has 0 radical (unpaired) electrons. The van der Waals surface area contributed by atoms with Crippen LogP contribution in [-0.4, -0.2) is 20.0 Å². The Morgan fingerprint density at radius 2 is 2.25 bits per heavy atom. The van der Waals surface area contributed by atoms with E-state index in [1.54, 1.807) is 30.2 Å². The maximum Gasteiger partial charge on any atom is 0.129 e. The topological polar surface area (TPSA) is 81.7 Å². The number of aromatic nitrogens is 4. The van der Waals surface area contributed by atoms with Crippen molar-refractivity contribution in [1.29, 1.82) is 0 Å². The SMILES string of the molecule is Cn1nncc1C(NN)c1ccc(Cl)nc1. The second-order valence-electron chi connectivity index (χ2n) is 3.30. The Hall–Kier alpha value is -1.50. The summed E-state index contributed by atoms with van der Waals surface area (Å²) in [7, 11) is 1.80. The third-order valence-electron chi connectivity index (χ3n) is 2.30. The van der Waals surface area contributed by atoms with Crippen molar-refractivity contribution in [2.45, 2.75) is 6.04 Å². The first-order chi connectivity index (χ1) is 7.72. The lowest BCUT2D eigenvalue weighted by Gasteiger charge is -2.15. The summed E-state index contributed by atoms with van der Waals surface area (Å²) in [6, 6.07) is 3.36. The number of halogens is 1. The highest BCUT2D eigenvalue weighted by Crippen LogP contribution is 2.19. The van der Waals surface area contributed by atoms with Crippen LogP contribution in [0.1, 0.15) is 17.3 Å². The zero-order valence-corrected chi connectivity index (χ0v) is 9.39. The van der Waals surface area contributed by atoms with Gasteiger partial charge in [-0.3, -0.25) is 10.5 Å². The Bertz CT molecular complexity index is 465. The molecule has 1 atom stereocenters. The molecule has 84 valence electrons. The van der Waals surface area contributed by atoms with Crippen molar-refractivity contribution in [1.82, 2.24) is 25.4 Å². The second kappa shape index (κ2) is 4.56. The van der Waals surface area contributed by atoms with Crippen LogP contribution in [0.15, 0.2) is 24.5 Å². The quantitative estimate of drug-likeness (QED) is 0.460. The molecule has 2 heterocycles. The smallest absolute Gasteiger partial charge is 0.129 e. The molecule has 0 fully saturated rings. The first kappa shape index (κ1) is 11.0. The molecule has 0 spiro atoms. The molecule has 2 aromatic rings. The monoisotopic (exact) mass is 238 g/mol. The maximum absolute atomic E-state index is 5.72. The fourth-order valence-electron chi connectivity index (χ4n) is 1.47. The van der Waals surface area contributed by atoms with Crippen LogP contribution in [-0.2, 0) is 7.05 Å². The molecule has 0 aliphatic heterocycles. The van der Waals surface area contributed by atoms with E-state index in [0.717, 1.165) is 11.3 Å². The number of pyridine rings is 1. The van der Waals surface area contributed by atoms with Gasteiger partial charge in [-0.2, -0.15) is 0 Å². The van der Waals surface area contributed by atoms with Gasteiger partial charge in [-0.05, 0) is 11.6 Å². The summed E-state index contributed by atoms with van der Waals surface area (Å²) in [6.45, 7) is 0. The fourth-order valence-corrected chi connectivity index (χ4v) is 1.58. The molecule has 0 saturated carbocycles. The number of rotatable bonds is 3. The van der Waals surface area contributed by atoms with Crippen LogP contribution in [0.4, 0.5) is 0 Å². The van der Waals surface area contributed by atoms with Gasteiger partial charge in [-0.1, -0.05) is 22.9 Å². The molecule has 0 aliphatic rings. The Labute approximate surface area is 97.4 Å². The van der Waals surface area contributed by atoms with Crippen LogP contribution >= 0.6 is 11.6 Å². The highest BCUT2D eigenvalue weighted by atomic mass is 35.5. The third kappa shape index (κ3) is 2.04. The highest BCUT2D eigenvalue weighted by Gasteiger charge is 2.16. The zero-order valence-electron chi connectivity index (χ0n) is 8.63. The van der Waals surface area contributed by atoms with E-state index in [4.69, 9.17) is 17.4 Å². The van der Waals surface area contributed by atoms with Crippen molar-refractivity contribution in [3.05, 3.63) is 40.9 Å². The first-order valence-corrected chi connectivity index (χ1v) is 5.02.